The van der Waals surface area contributed by atoms with Gasteiger partial charge in [0, 0.05) is 92.1 Å². The number of hydrogen-bond acceptors (Lipinski definition) is 30. The highest BCUT2D eigenvalue weighted by molar-refractivity contribution is 7.84. The maximum Gasteiger partial charge on any atom is 0.333 e. The van der Waals surface area contributed by atoms with E-state index in [9.17, 15) is 63.7 Å². The number of hydrogen-bond donors (Lipinski definition) is 10. The van der Waals surface area contributed by atoms with Crippen molar-refractivity contribution in [2.24, 2.45) is 33.2 Å². The van der Waals surface area contributed by atoms with Crippen LogP contribution < -0.4 is 36.7 Å². The molecule has 0 bridgehead atoms. The van der Waals surface area contributed by atoms with Crippen molar-refractivity contribution in [3.8, 4) is 0 Å². The quantitative estimate of drug-likeness (QED) is 0.0251. The maximum atomic E-state index is 14.5. The van der Waals surface area contributed by atoms with Crippen LogP contribution in [0.15, 0.2) is 116 Å². The number of fused-ring (bicyclic) bond motifs is 3. The zero-order valence-corrected chi connectivity index (χ0v) is 67.7. The van der Waals surface area contributed by atoms with E-state index in [1.165, 1.54) is 95.3 Å². The standard InChI is InChI=1S/C25H25ClF2N4O6S2.C24H25ClN4O6S2.C23H23Cl2N5O5S2/c1-12-16(23-17-5-14(26)2-3-19(17)25(27,28)10-37-23)7-21(39-12)22(34)18-8-30-11-31-24(18)32-15-4-13(20(33)6-15)9-38-40(29,35)36;25-16-2-1-13-3-4-34-23(18(13)7-16)15-6-21(36-11-15)22(31)19-9-27-12-28-24(19)29-17-5-14(20(30)8-17)10-35-37(26,32)33;24-13-2-1-11-7-28-20(15(11)4-13)16-6-19(36-22(16)25)21(32)17-8-27-10-29-23(17)30-14-3-12(18(31)5-14)9-35-37(26,33)34/h2-3,5,7-8,11,13,15,20,23,33H,4,6,9-10H2,1H3,(H2,29,35,36)(H,30,31,32);1-2,6-7,9,11-12,14,17,20,23,30H,3-5,8,10H2,(H2,26,32,33)(H,27,28,29);1-2,4,6,8,10,12,14,18,20,28,31H,3,5,7,9H2,(H2,26,33,34)(H,27,29,30)/t13-,15-,20+,23?;14-,17-,20+,23?;12-,14-,18+,20?/m111/s1. The summed E-state index contributed by atoms with van der Waals surface area (Å²) in [6.45, 7) is 1.51. The molecule has 13 N–H and O–H groups in total. The van der Waals surface area contributed by atoms with E-state index >= 15 is 0 Å². The van der Waals surface area contributed by atoms with Crippen LogP contribution in [0.25, 0.3) is 0 Å². The molecule has 0 amide bonds. The zero-order chi connectivity index (χ0) is 81.3. The normalized spacial score (nSPS) is 23.6. The molecule has 42 heteroatoms. The molecular formula is C72H73Cl4F2N13O17S6. The van der Waals surface area contributed by atoms with Gasteiger partial charge in [0.05, 0.1) is 86.4 Å². The smallest absolute Gasteiger partial charge is 0.333 e. The number of ether oxygens (including phenoxy) is 2. The predicted octanol–water partition coefficient (Wildman–Crippen LogP) is 9.61. The highest BCUT2D eigenvalue weighted by atomic mass is 35.5. The fourth-order valence-corrected chi connectivity index (χ4v) is 19.5. The monoisotopic (exact) mass is 1760 g/mol. The Hall–Kier alpha value is -7.20. The molecule has 9 aromatic rings. The van der Waals surface area contributed by atoms with Crippen LogP contribution in [0, 0.1) is 24.7 Å². The molecule has 3 saturated carbocycles. The van der Waals surface area contributed by atoms with Crippen LogP contribution in [0.3, 0.4) is 0 Å². The molecule has 0 radical (unpaired) electrons. The van der Waals surface area contributed by atoms with Gasteiger partial charge in [-0.05, 0) is 151 Å². The number of thiophene rings is 3. The van der Waals surface area contributed by atoms with Crippen molar-refractivity contribution in [2.75, 3.05) is 49.0 Å². The predicted molar refractivity (Wildman–Crippen MR) is 421 cm³/mol. The van der Waals surface area contributed by atoms with Crippen LogP contribution >= 0.6 is 80.4 Å². The van der Waals surface area contributed by atoms with E-state index in [4.69, 9.17) is 71.3 Å². The molecule has 15 rings (SSSR count). The van der Waals surface area contributed by atoms with Crippen molar-refractivity contribution in [3.63, 3.8) is 0 Å². The summed E-state index contributed by atoms with van der Waals surface area (Å²) in [5, 5.41) is 62.1. The Morgan fingerprint density at radius 2 is 1.01 bits per heavy atom. The van der Waals surface area contributed by atoms with E-state index in [-0.39, 0.29) is 102 Å². The average Bonchev–Trinajstić information content (AvgIpc) is 1.40. The van der Waals surface area contributed by atoms with Gasteiger partial charge in [-0.1, -0.05) is 64.6 Å². The molecular weight excluding hydrogens is 1690 g/mol. The minimum Gasteiger partial charge on any atom is -0.393 e. The first-order chi connectivity index (χ1) is 54.1. The summed E-state index contributed by atoms with van der Waals surface area (Å²) in [7, 11) is -12.3. The van der Waals surface area contributed by atoms with Crippen molar-refractivity contribution in [2.45, 2.75) is 119 Å². The van der Waals surface area contributed by atoms with Crippen molar-refractivity contribution in [3.05, 3.63) is 221 Å². The molecule has 30 nitrogen and oxygen atoms in total. The number of ketones is 3. The molecule has 114 heavy (non-hydrogen) atoms. The zero-order valence-electron chi connectivity index (χ0n) is 59.8. The number of nitrogens with one attached hydrogen (secondary N) is 4. The first-order valence-corrected chi connectivity index (χ1v) is 43.6. The lowest BCUT2D eigenvalue weighted by Gasteiger charge is -2.32. The average molecular weight is 1760 g/mol. The van der Waals surface area contributed by atoms with Gasteiger partial charge in [0.1, 0.15) is 55.3 Å². The largest absolute Gasteiger partial charge is 0.393 e. The van der Waals surface area contributed by atoms with E-state index in [2.05, 4.69) is 63.7 Å². The summed E-state index contributed by atoms with van der Waals surface area (Å²) in [4.78, 5) is 67.3. The maximum absolute atomic E-state index is 14.5. The highest BCUT2D eigenvalue weighted by Gasteiger charge is 2.44. The number of carbonyl (C=O) groups is 3. The minimum absolute atomic E-state index is 0.166. The fraction of sp³-hybridized carbons (Fsp3) is 0.375. The van der Waals surface area contributed by atoms with Crippen LogP contribution in [0.1, 0.15) is 157 Å². The Morgan fingerprint density at radius 1 is 0.561 bits per heavy atom. The van der Waals surface area contributed by atoms with Crippen molar-refractivity contribution in [1.82, 2.24) is 35.2 Å². The SMILES string of the molecule is Cc1sc(C(=O)c2cncnc2N[C@@H]2C[C@H](COS(N)(=O)=O)[C@@H](O)C2)cc1C1OCC(F)(F)c2ccc(Cl)cc21.NS(=O)(=O)OC[C@H]1C[C@@H](Nc2ncncc2C(=O)c2cc(C3NCc4ccc(Cl)cc43)c(Cl)s2)C[C@@H]1O.NS(=O)(=O)OC[C@H]1C[C@@H](Nc2ncncc2C(=O)c2cc(C3OCCc4ccc(Cl)cc43)cs2)C[C@@H]1O. The highest BCUT2D eigenvalue weighted by Crippen LogP contribution is 2.48. The van der Waals surface area contributed by atoms with Crippen molar-refractivity contribution < 1.29 is 85.8 Å². The lowest BCUT2D eigenvalue weighted by atomic mass is 9.91. The minimum atomic E-state index is -4.14. The van der Waals surface area contributed by atoms with Crippen molar-refractivity contribution in [1.29, 1.82) is 0 Å². The van der Waals surface area contributed by atoms with Crippen LogP contribution in [-0.2, 0) is 71.8 Å². The molecule has 0 saturated heterocycles. The summed E-state index contributed by atoms with van der Waals surface area (Å²) in [5.74, 6) is -4.55. The topological polar surface area (TPSA) is 464 Å². The lowest BCUT2D eigenvalue weighted by molar-refractivity contribution is -0.115. The number of aliphatic hydroxyl groups excluding tert-OH is 3. The number of nitrogens with two attached hydrogens (primary N) is 3. The van der Waals surface area contributed by atoms with Gasteiger partial charge in [-0.2, -0.15) is 34.0 Å². The molecule has 3 aliphatic heterocycles. The summed E-state index contributed by atoms with van der Waals surface area (Å²) < 4.78 is 122. The second kappa shape index (κ2) is 35.5. The van der Waals surface area contributed by atoms with Crippen LogP contribution in [-0.4, -0.2) is 157 Å². The van der Waals surface area contributed by atoms with E-state index in [0.29, 0.717) is 107 Å². The van der Waals surface area contributed by atoms with Gasteiger partial charge >= 0.3 is 30.9 Å². The number of aryl methyl sites for hydroxylation is 1. The van der Waals surface area contributed by atoms with Gasteiger partial charge < -0.3 is 46.1 Å². The summed E-state index contributed by atoms with van der Waals surface area (Å²) in [5.41, 5.74) is 7.38. The Balaban J connectivity index is 0.000000149. The molecule has 9 heterocycles. The third-order valence-electron chi connectivity index (χ3n) is 20.1. The Bertz CT molecular complexity index is 5470. The first kappa shape index (κ1) is 84.7. The van der Waals surface area contributed by atoms with E-state index in [0.717, 1.165) is 34.2 Å². The number of anilines is 3. The van der Waals surface area contributed by atoms with Gasteiger partial charge in [0.25, 0.3) is 5.92 Å². The molecule has 3 unspecified atom stereocenters. The lowest BCUT2D eigenvalue weighted by Crippen LogP contribution is -2.31. The Labute approximate surface area is 684 Å². The molecule has 6 aliphatic rings. The van der Waals surface area contributed by atoms with Crippen LogP contribution in [0.4, 0.5) is 26.2 Å². The number of carbonyl (C=O) groups excluding carboxylic acids is 3. The number of halogens is 6. The second-order valence-electron chi connectivity index (χ2n) is 27.9. The van der Waals surface area contributed by atoms with Gasteiger partial charge in [0.15, 0.2) is 0 Å². The fourth-order valence-electron chi connectivity index (χ4n) is 14.7. The van der Waals surface area contributed by atoms with Gasteiger partial charge in [-0.3, -0.25) is 26.9 Å². The third kappa shape index (κ3) is 20.5. The molecule has 0 spiro atoms. The van der Waals surface area contributed by atoms with Crippen LogP contribution in [0.2, 0.25) is 19.4 Å². The number of aliphatic hydroxyl groups is 3. The summed E-state index contributed by atoms with van der Waals surface area (Å²) in [6, 6.07) is 19.9. The first-order valence-electron chi connectivity index (χ1n) is 35.2. The van der Waals surface area contributed by atoms with E-state index in [1.807, 2.05) is 47.8 Å². The number of aromatic nitrogens is 6. The summed E-state index contributed by atoms with van der Waals surface area (Å²) in [6.07, 6.45) is 7.52. The number of benzene rings is 3. The van der Waals surface area contributed by atoms with Crippen molar-refractivity contribution >= 4 is 146 Å². The summed E-state index contributed by atoms with van der Waals surface area (Å²) >= 11 is 28.8. The molecule has 6 aromatic heterocycles. The van der Waals surface area contributed by atoms with Crippen LogP contribution in [0.5, 0.6) is 0 Å². The molecule has 3 fully saturated rings. The Kier molecular flexibility index (Phi) is 26.4. The number of nitrogens with zero attached hydrogens (tertiary/aromatic N) is 6. The van der Waals surface area contributed by atoms with Gasteiger partial charge in [-0.25, -0.2) is 45.3 Å². The van der Waals surface area contributed by atoms with Gasteiger partial charge in [0.2, 0.25) is 17.3 Å². The second-order valence-corrected chi connectivity index (χ2v) is 36.7. The Morgan fingerprint density at radius 3 is 1.51 bits per heavy atom. The number of alkyl halides is 2. The van der Waals surface area contributed by atoms with E-state index < -0.39 is 85.6 Å². The third-order valence-corrected chi connectivity index (χ3v) is 25.6. The van der Waals surface area contributed by atoms with E-state index in [1.54, 1.807) is 19.1 Å². The molecule has 3 aliphatic carbocycles. The molecule has 12 atom stereocenters. The van der Waals surface area contributed by atoms with Gasteiger partial charge in [-0.15, -0.1) is 34.0 Å². The number of rotatable bonds is 24. The molecule has 3 aromatic carbocycles. The molecule has 606 valence electrons.